The van der Waals surface area contributed by atoms with Gasteiger partial charge in [0, 0.05) is 12.7 Å². The van der Waals surface area contributed by atoms with E-state index < -0.39 is 5.97 Å². The van der Waals surface area contributed by atoms with Gasteiger partial charge in [-0.15, -0.1) is 0 Å². The van der Waals surface area contributed by atoms with E-state index >= 15 is 0 Å². The molecule has 12 heavy (non-hydrogen) atoms. The number of hydrogen-bond donors (Lipinski definition) is 1. The van der Waals surface area contributed by atoms with Crippen LogP contribution in [0.2, 0.25) is 0 Å². The fraction of sp³-hybridized carbons (Fsp3) is 0.125. The average molecular weight is 165 g/mol. The fourth-order valence-electron chi connectivity index (χ4n) is 1.23. The second kappa shape index (κ2) is 2.41. The van der Waals surface area contributed by atoms with Gasteiger partial charge in [-0.05, 0) is 6.08 Å². The summed E-state index contributed by atoms with van der Waals surface area (Å²) in [6.45, 7) is 0.604. The summed E-state index contributed by atoms with van der Waals surface area (Å²) in [5.74, 6) is -0.914. The lowest BCUT2D eigenvalue weighted by Gasteiger charge is -2.18. The van der Waals surface area contributed by atoms with E-state index in [9.17, 15) is 4.79 Å². The van der Waals surface area contributed by atoms with E-state index in [1.165, 1.54) is 12.5 Å². The molecule has 4 nitrogen and oxygen atoms in total. The molecule has 0 radical (unpaired) electrons. The lowest BCUT2D eigenvalue weighted by molar-refractivity contribution is -0.132. The van der Waals surface area contributed by atoms with Crippen LogP contribution in [0.4, 0.5) is 0 Å². The lowest BCUT2D eigenvalue weighted by atomic mass is 10.2. The standard InChI is InChI=1S/C8H7NO3/c10-8(11)6-1-2-9-3-4-12-5-7(6)9/h1,3-5H,2H2,(H,10,11). The molecule has 0 aromatic heterocycles. The van der Waals surface area contributed by atoms with Crippen LogP contribution in [0.5, 0.6) is 0 Å². The van der Waals surface area contributed by atoms with Crippen molar-refractivity contribution >= 4 is 5.97 Å². The SMILES string of the molecule is O=C(O)C1=CCN2C=COC=C12. The first-order chi connectivity index (χ1) is 5.79. The van der Waals surface area contributed by atoms with Crippen LogP contribution in [0.3, 0.4) is 0 Å². The lowest BCUT2D eigenvalue weighted by Crippen LogP contribution is -2.16. The molecule has 0 saturated carbocycles. The maximum atomic E-state index is 10.6. The number of hydrogen-bond acceptors (Lipinski definition) is 3. The van der Waals surface area contributed by atoms with Gasteiger partial charge in [0.1, 0.15) is 12.5 Å². The van der Waals surface area contributed by atoms with Crippen molar-refractivity contribution in [2.24, 2.45) is 0 Å². The Morgan fingerprint density at radius 1 is 1.67 bits per heavy atom. The molecule has 0 saturated heterocycles. The highest BCUT2D eigenvalue weighted by Gasteiger charge is 2.25. The van der Waals surface area contributed by atoms with Crippen molar-refractivity contribution in [1.29, 1.82) is 0 Å². The Morgan fingerprint density at radius 3 is 3.25 bits per heavy atom. The monoisotopic (exact) mass is 165 g/mol. The number of ether oxygens (including phenoxy) is 1. The quantitative estimate of drug-likeness (QED) is 0.620. The minimum absolute atomic E-state index is 0.305. The summed E-state index contributed by atoms with van der Waals surface area (Å²) in [7, 11) is 0. The molecule has 2 heterocycles. The molecule has 0 spiro atoms. The highest BCUT2D eigenvalue weighted by molar-refractivity contribution is 5.92. The molecule has 0 amide bonds. The van der Waals surface area contributed by atoms with Crippen LogP contribution < -0.4 is 0 Å². The van der Waals surface area contributed by atoms with Crippen LogP contribution >= 0.6 is 0 Å². The molecule has 2 aliphatic heterocycles. The summed E-state index contributed by atoms with van der Waals surface area (Å²) in [6.07, 6.45) is 6.32. The third-order valence-corrected chi connectivity index (χ3v) is 1.81. The van der Waals surface area contributed by atoms with Gasteiger partial charge in [-0.25, -0.2) is 4.79 Å². The molecule has 62 valence electrons. The third kappa shape index (κ3) is 0.887. The molecule has 2 aliphatic rings. The van der Waals surface area contributed by atoms with Crippen molar-refractivity contribution in [3.8, 4) is 0 Å². The Morgan fingerprint density at radius 2 is 2.50 bits per heavy atom. The van der Waals surface area contributed by atoms with E-state index in [0.717, 1.165) is 0 Å². The van der Waals surface area contributed by atoms with Gasteiger partial charge in [-0.3, -0.25) is 0 Å². The van der Waals surface area contributed by atoms with Crippen molar-refractivity contribution in [2.75, 3.05) is 6.54 Å². The number of carboxylic acid groups (broad SMARTS) is 1. The second-order valence-corrected chi connectivity index (χ2v) is 2.50. The maximum Gasteiger partial charge on any atom is 0.337 e. The summed E-state index contributed by atoms with van der Waals surface area (Å²) in [5, 5.41) is 8.74. The van der Waals surface area contributed by atoms with Crippen molar-refractivity contribution < 1.29 is 14.6 Å². The molecule has 0 aromatic carbocycles. The zero-order chi connectivity index (χ0) is 8.55. The number of fused-ring (bicyclic) bond motifs is 1. The van der Waals surface area contributed by atoms with Gasteiger partial charge in [0.25, 0.3) is 0 Å². The van der Waals surface area contributed by atoms with E-state index in [-0.39, 0.29) is 0 Å². The van der Waals surface area contributed by atoms with Gasteiger partial charge in [0.05, 0.1) is 11.3 Å². The molecule has 4 heteroatoms. The number of aliphatic carboxylic acids is 1. The third-order valence-electron chi connectivity index (χ3n) is 1.81. The molecule has 0 aromatic rings. The number of nitrogens with zero attached hydrogens (tertiary/aromatic N) is 1. The van der Waals surface area contributed by atoms with E-state index in [0.29, 0.717) is 17.8 Å². The molecule has 2 rings (SSSR count). The molecule has 0 bridgehead atoms. The molecule has 0 atom stereocenters. The van der Waals surface area contributed by atoms with Gasteiger partial charge in [-0.1, -0.05) is 0 Å². The van der Waals surface area contributed by atoms with Gasteiger partial charge >= 0.3 is 5.97 Å². The number of rotatable bonds is 1. The van der Waals surface area contributed by atoms with Crippen LogP contribution in [-0.2, 0) is 9.53 Å². The normalized spacial score (nSPS) is 19.5. The first kappa shape index (κ1) is 6.97. The first-order valence-corrected chi connectivity index (χ1v) is 3.52. The predicted molar refractivity (Wildman–Crippen MR) is 40.7 cm³/mol. The Balaban J connectivity index is 2.31. The highest BCUT2D eigenvalue weighted by atomic mass is 16.5. The van der Waals surface area contributed by atoms with Gasteiger partial charge in [0.2, 0.25) is 0 Å². The van der Waals surface area contributed by atoms with Crippen molar-refractivity contribution in [3.63, 3.8) is 0 Å². The van der Waals surface area contributed by atoms with Crippen molar-refractivity contribution in [1.82, 2.24) is 4.90 Å². The smallest absolute Gasteiger partial charge is 0.337 e. The van der Waals surface area contributed by atoms with Crippen molar-refractivity contribution in [2.45, 2.75) is 0 Å². The fourth-order valence-corrected chi connectivity index (χ4v) is 1.23. The molecule has 0 fully saturated rings. The summed E-state index contributed by atoms with van der Waals surface area (Å²) in [4.78, 5) is 12.5. The number of carbonyl (C=O) groups is 1. The van der Waals surface area contributed by atoms with Crippen molar-refractivity contribution in [3.05, 3.63) is 36.1 Å². The highest BCUT2D eigenvalue weighted by Crippen LogP contribution is 2.25. The minimum atomic E-state index is -0.914. The van der Waals surface area contributed by atoms with Crippen LogP contribution in [-0.4, -0.2) is 22.5 Å². The Hall–Kier alpha value is -1.71. The molecular formula is C8H7NO3. The first-order valence-electron chi connectivity index (χ1n) is 3.52. The summed E-state index contributed by atoms with van der Waals surface area (Å²) in [6, 6.07) is 0. The molecule has 0 unspecified atom stereocenters. The molecular weight excluding hydrogens is 158 g/mol. The average Bonchev–Trinajstić information content (AvgIpc) is 2.47. The van der Waals surface area contributed by atoms with E-state index in [4.69, 9.17) is 9.84 Å². The zero-order valence-corrected chi connectivity index (χ0v) is 6.23. The van der Waals surface area contributed by atoms with Crippen LogP contribution in [0.15, 0.2) is 36.1 Å². The summed E-state index contributed by atoms with van der Waals surface area (Å²) in [5.41, 5.74) is 0.921. The Bertz CT molecular complexity index is 314. The number of carboxylic acids is 1. The van der Waals surface area contributed by atoms with Crippen LogP contribution in [0.1, 0.15) is 0 Å². The summed E-state index contributed by atoms with van der Waals surface area (Å²) < 4.78 is 4.88. The van der Waals surface area contributed by atoms with E-state index in [1.54, 1.807) is 12.3 Å². The largest absolute Gasteiger partial charge is 0.478 e. The van der Waals surface area contributed by atoms with Gasteiger partial charge in [-0.2, -0.15) is 0 Å². The van der Waals surface area contributed by atoms with E-state index in [2.05, 4.69) is 0 Å². The van der Waals surface area contributed by atoms with Gasteiger partial charge in [0.15, 0.2) is 0 Å². The summed E-state index contributed by atoms with van der Waals surface area (Å²) >= 11 is 0. The zero-order valence-electron chi connectivity index (χ0n) is 6.23. The van der Waals surface area contributed by atoms with E-state index in [1.807, 2.05) is 4.90 Å². The molecule has 0 aliphatic carbocycles. The second-order valence-electron chi connectivity index (χ2n) is 2.50. The van der Waals surface area contributed by atoms with Crippen LogP contribution in [0.25, 0.3) is 0 Å². The Labute approximate surface area is 69.0 Å². The van der Waals surface area contributed by atoms with Crippen LogP contribution in [0, 0.1) is 0 Å². The molecule has 1 N–H and O–H groups in total. The van der Waals surface area contributed by atoms with Gasteiger partial charge < -0.3 is 14.7 Å². The Kier molecular flexibility index (Phi) is 1.40. The topological polar surface area (TPSA) is 49.8 Å². The minimum Gasteiger partial charge on any atom is -0.478 e. The predicted octanol–water partition coefficient (Wildman–Crippen LogP) is 0.656. The maximum absolute atomic E-state index is 10.6.